The minimum Gasteiger partial charge on any atom is -0.481 e. The van der Waals surface area contributed by atoms with Gasteiger partial charge in [0.1, 0.15) is 0 Å². The predicted octanol–water partition coefficient (Wildman–Crippen LogP) is 1.95. The van der Waals surface area contributed by atoms with Crippen LogP contribution in [0.5, 0.6) is 0 Å². The van der Waals surface area contributed by atoms with Gasteiger partial charge in [0.15, 0.2) is 0 Å². The van der Waals surface area contributed by atoms with E-state index in [0.29, 0.717) is 13.0 Å². The van der Waals surface area contributed by atoms with Crippen molar-refractivity contribution in [1.29, 1.82) is 0 Å². The molecule has 0 radical (unpaired) electrons. The van der Waals surface area contributed by atoms with Gasteiger partial charge in [0, 0.05) is 0 Å². The molecule has 5 heteroatoms. The van der Waals surface area contributed by atoms with Crippen molar-refractivity contribution in [2.24, 2.45) is 22.5 Å². The highest BCUT2D eigenvalue weighted by atomic mass is 16.4. The molecule has 0 aromatic heterocycles. The van der Waals surface area contributed by atoms with E-state index in [2.05, 4.69) is 0 Å². The molecule has 0 spiro atoms. The van der Waals surface area contributed by atoms with E-state index in [9.17, 15) is 14.7 Å². The van der Waals surface area contributed by atoms with Gasteiger partial charge in [-0.1, -0.05) is 34.1 Å². The fourth-order valence-corrected chi connectivity index (χ4v) is 2.27. The van der Waals surface area contributed by atoms with Crippen LogP contribution in [0.15, 0.2) is 0 Å². The van der Waals surface area contributed by atoms with E-state index >= 15 is 0 Å². The Hall–Kier alpha value is -1.10. The van der Waals surface area contributed by atoms with Crippen LogP contribution in [0, 0.1) is 16.7 Å². The molecule has 0 saturated carbocycles. The topological polar surface area (TPSA) is 101 Å². The summed E-state index contributed by atoms with van der Waals surface area (Å²) in [6, 6.07) is 0. The van der Waals surface area contributed by atoms with E-state index in [1.165, 1.54) is 0 Å². The lowest BCUT2D eigenvalue weighted by atomic mass is 9.60. The first-order valence-electron chi connectivity index (χ1n) is 6.26. The van der Waals surface area contributed by atoms with Crippen molar-refractivity contribution < 1.29 is 19.8 Å². The molecule has 0 aliphatic carbocycles. The van der Waals surface area contributed by atoms with Crippen molar-refractivity contribution in [1.82, 2.24) is 0 Å². The first-order valence-corrected chi connectivity index (χ1v) is 6.26. The van der Waals surface area contributed by atoms with Gasteiger partial charge in [-0.15, -0.1) is 0 Å². The van der Waals surface area contributed by atoms with Crippen molar-refractivity contribution in [2.45, 2.75) is 47.0 Å². The molecule has 0 fully saturated rings. The van der Waals surface area contributed by atoms with Crippen LogP contribution in [-0.4, -0.2) is 28.7 Å². The Morgan fingerprint density at radius 3 is 1.94 bits per heavy atom. The summed E-state index contributed by atoms with van der Waals surface area (Å²) in [6.45, 7) is 7.63. The third-order valence-corrected chi connectivity index (χ3v) is 3.85. The summed E-state index contributed by atoms with van der Waals surface area (Å²) in [5.41, 5.74) is 3.71. The molecule has 0 aromatic rings. The van der Waals surface area contributed by atoms with Crippen LogP contribution in [0.4, 0.5) is 0 Å². The van der Waals surface area contributed by atoms with E-state index in [4.69, 9.17) is 10.8 Å². The number of carboxylic acids is 2. The van der Waals surface area contributed by atoms with E-state index in [-0.39, 0.29) is 12.3 Å². The molecule has 2 unspecified atom stereocenters. The summed E-state index contributed by atoms with van der Waals surface area (Å²) in [4.78, 5) is 22.7. The second-order valence-electron chi connectivity index (χ2n) is 5.92. The molecule has 0 amide bonds. The Balaban J connectivity index is 5.47. The SMILES string of the molecule is CCC(CN)CC(CC(=O)O)(C(=O)O)C(C)(C)C. The standard InChI is InChI=1S/C13H25NO4/c1-5-9(8-14)6-13(11(17)18,7-10(15)16)12(2,3)4/h9H,5-8,14H2,1-4H3,(H,15,16)(H,17,18). The van der Waals surface area contributed by atoms with Crippen LogP contribution < -0.4 is 5.73 Å². The fourth-order valence-electron chi connectivity index (χ4n) is 2.27. The summed E-state index contributed by atoms with van der Waals surface area (Å²) in [7, 11) is 0. The zero-order valence-corrected chi connectivity index (χ0v) is 11.7. The van der Waals surface area contributed by atoms with Crippen LogP contribution >= 0.6 is 0 Å². The second-order valence-corrected chi connectivity index (χ2v) is 5.92. The second kappa shape index (κ2) is 6.18. The van der Waals surface area contributed by atoms with Gasteiger partial charge >= 0.3 is 11.9 Å². The molecule has 0 aromatic carbocycles. The van der Waals surface area contributed by atoms with Gasteiger partial charge < -0.3 is 15.9 Å². The number of carbonyl (C=O) groups is 2. The van der Waals surface area contributed by atoms with Crippen molar-refractivity contribution in [3.8, 4) is 0 Å². The summed E-state index contributed by atoms with van der Waals surface area (Å²) >= 11 is 0. The van der Waals surface area contributed by atoms with Gasteiger partial charge in [-0.2, -0.15) is 0 Å². The molecule has 2 atom stereocenters. The summed E-state index contributed by atoms with van der Waals surface area (Å²) in [5.74, 6) is -2.11. The normalized spacial score (nSPS) is 16.9. The summed E-state index contributed by atoms with van der Waals surface area (Å²) in [5, 5.41) is 18.6. The first kappa shape index (κ1) is 16.9. The highest BCUT2D eigenvalue weighted by Crippen LogP contribution is 2.47. The number of nitrogens with two attached hydrogens (primary N) is 1. The van der Waals surface area contributed by atoms with Crippen LogP contribution in [0.1, 0.15) is 47.0 Å². The average Bonchev–Trinajstić information content (AvgIpc) is 2.21. The number of carboxylic acid groups (broad SMARTS) is 2. The number of hydrogen-bond acceptors (Lipinski definition) is 3. The summed E-state index contributed by atoms with van der Waals surface area (Å²) in [6.07, 6.45) is 0.675. The quantitative estimate of drug-likeness (QED) is 0.648. The Morgan fingerprint density at radius 2 is 1.72 bits per heavy atom. The zero-order valence-electron chi connectivity index (χ0n) is 11.7. The minimum absolute atomic E-state index is 0.0275. The van der Waals surface area contributed by atoms with Gasteiger partial charge in [-0.05, 0) is 24.3 Å². The molecule has 18 heavy (non-hydrogen) atoms. The maximum atomic E-state index is 11.7. The molecule has 0 rings (SSSR count). The number of rotatable bonds is 7. The van der Waals surface area contributed by atoms with Gasteiger partial charge in [-0.3, -0.25) is 9.59 Å². The molecule has 0 heterocycles. The third-order valence-electron chi connectivity index (χ3n) is 3.85. The lowest BCUT2D eigenvalue weighted by Gasteiger charge is -2.42. The van der Waals surface area contributed by atoms with Gasteiger partial charge in [0.05, 0.1) is 11.8 Å². The largest absolute Gasteiger partial charge is 0.481 e. The average molecular weight is 259 g/mol. The Labute approximate surface area is 108 Å². The molecule has 0 saturated heterocycles. The van der Waals surface area contributed by atoms with Crippen LogP contribution in [-0.2, 0) is 9.59 Å². The van der Waals surface area contributed by atoms with Crippen LogP contribution in [0.25, 0.3) is 0 Å². The smallest absolute Gasteiger partial charge is 0.310 e. The lowest BCUT2D eigenvalue weighted by Crippen LogP contribution is -2.46. The molecule has 106 valence electrons. The fraction of sp³-hybridized carbons (Fsp3) is 0.846. The highest BCUT2D eigenvalue weighted by molar-refractivity contribution is 5.82. The van der Waals surface area contributed by atoms with E-state index in [1.54, 1.807) is 20.8 Å². The lowest BCUT2D eigenvalue weighted by molar-refractivity contribution is -0.165. The van der Waals surface area contributed by atoms with Crippen molar-refractivity contribution in [3.63, 3.8) is 0 Å². The molecular formula is C13H25NO4. The van der Waals surface area contributed by atoms with Crippen molar-refractivity contribution in [3.05, 3.63) is 0 Å². The van der Waals surface area contributed by atoms with E-state index in [0.717, 1.165) is 6.42 Å². The first-order chi connectivity index (χ1) is 8.10. The molecule has 0 aliphatic heterocycles. The Bertz CT molecular complexity index is 305. The van der Waals surface area contributed by atoms with E-state index < -0.39 is 22.8 Å². The minimum atomic E-state index is -1.28. The number of hydrogen-bond donors (Lipinski definition) is 3. The summed E-state index contributed by atoms with van der Waals surface area (Å²) < 4.78 is 0. The van der Waals surface area contributed by atoms with Gasteiger partial charge in [0.2, 0.25) is 0 Å². The maximum Gasteiger partial charge on any atom is 0.310 e. The Kier molecular flexibility index (Phi) is 5.80. The van der Waals surface area contributed by atoms with E-state index in [1.807, 2.05) is 6.92 Å². The van der Waals surface area contributed by atoms with Crippen molar-refractivity contribution in [2.75, 3.05) is 6.54 Å². The molecule has 4 N–H and O–H groups in total. The molecule has 5 nitrogen and oxygen atoms in total. The Morgan fingerprint density at radius 1 is 1.22 bits per heavy atom. The van der Waals surface area contributed by atoms with Gasteiger partial charge in [0.25, 0.3) is 0 Å². The van der Waals surface area contributed by atoms with Crippen LogP contribution in [0.2, 0.25) is 0 Å². The van der Waals surface area contributed by atoms with Crippen molar-refractivity contribution >= 4 is 11.9 Å². The maximum absolute atomic E-state index is 11.7. The zero-order chi connectivity index (χ0) is 14.6. The third kappa shape index (κ3) is 3.70. The number of aliphatic carboxylic acids is 2. The monoisotopic (exact) mass is 259 g/mol. The predicted molar refractivity (Wildman–Crippen MR) is 69.2 cm³/mol. The highest BCUT2D eigenvalue weighted by Gasteiger charge is 2.50. The van der Waals surface area contributed by atoms with Gasteiger partial charge in [-0.25, -0.2) is 0 Å². The molecule has 0 aliphatic rings. The van der Waals surface area contributed by atoms with Crippen LogP contribution in [0.3, 0.4) is 0 Å². The molecule has 0 bridgehead atoms. The molecular weight excluding hydrogens is 234 g/mol.